The summed E-state index contributed by atoms with van der Waals surface area (Å²) in [6.07, 6.45) is 1.68. The summed E-state index contributed by atoms with van der Waals surface area (Å²) in [7, 11) is 0. The van der Waals surface area contributed by atoms with Gasteiger partial charge in [-0.05, 0) is 27.3 Å². The van der Waals surface area contributed by atoms with Crippen LogP contribution in [0.25, 0.3) is 0 Å². The molecule has 1 aliphatic carbocycles. The van der Waals surface area contributed by atoms with Gasteiger partial charge in [0.1, 0.15) is 6.07 Å². The molecule has 4 heteroatoms. The minimum absolute atomic E-state index is 0.0287. The first-order chi connectivity index (χ1) is 5.91. The number of rotatable bonds is 2. The van der Waals surface area contributed by atoms with Crippen molar-refractivity contribution in [3.63, 3.8) is 0 Å². The van der Waals surface area contributed by atoms with E-state index in [9.17, 15) is 4.79 Å². The van der Waals surface area contributed by atoms with Crippen LogP contribution in [0.3, 0.4) is 0 Å². The molecule has 1 N–H and O–H groups in total. The highest BCUT2D eigenvalue weighted by Crippen LogP contribution is 2.59. The standard InChI is InChI=1S/C9H10BrNO2/c1-9(2)6(3-5(10)4-11)7(9)8(12)13/h3,6-7H,1-2H3,(H,12,13). The van der Waals surface area contributed by atoms with E-state index in [2.05, 4.69) is 15.9 Å². The normalized spacial score (nSPS) is 30.8. The molecule has 0 bridgehead atoms. The Morgan fingerprint density at radius 3 is 2.54 bits per heavy atom. The van der Waals surface area contributed by atoms with Crippen LogP contribution < -0.4 is 0 Å². The number of nitriles is 1. The lowest BCUT2D eigenvalue weighted by atomic mass is 10.1. The second-order valence-electron chi connectivity index (χ2n) is 3.79. The molecular weight excluding hydrogens is 234 g/mol. The largest absolute Gasteiger partial charge is 0.481 e. The number of carboxylic acid groups (broad SMARTS) is 1. The maximum Gasteiger partial charge on any atom is 0.307 e. The Morgan fingerprint density at radius 2 is 2.23 bits per heavy atom. The van der Waals surface area contributed by atoms with Gasteiger partial charge in [0.05, 0.1) is 10.4 Å². The van der Waals surface area contributed by atoms with Gasteiger partial charge in [-0.25, -0.2) is 0 Å². The van der Waals surface area contributed by atoms with Crippen LogP contribution in [-0.2, 0) is 4.79 Å². The van der Waals surface area contributed by atoms with Crippen LogP contribution in [-0.4, -0.2) is 11.1 Å². The third-order valence-electron chi connectivity index (χ3n) is 2.61. The molecule has 0 heterocycles. The highest BCUT2D eigenvalue weighted by atomic mass is 79.9. The molecule has 1 saturated carbocycles. The van der Waals surface area contributed by atoms with Gasteiger partial charge in [0.2, 0.25) is 0 Å². The SMILES string of the molecule is CC1(C)C(C=C(Br)C#N)C1C(=O)O. The summed E-state index contributed by atoms with van der Waals surface area (Å²) in [6.45, 7) is 3.79. The van der Waals surface area contributed by atoms with E-state index in [1.165, 1.54) is 0 Å². The highest BCUT2D eigenvalue weighted by molar-refractivity contribution is 9.12. The van der Waals surface area contributed by atoms with E-state index in [1.807, 2.05) is 19.9 Å². The second kappa shape index (κ2) is 3.15. The number of nitrogens with zero attached hydrogens (tertiary/aromatic N) is 1. The van der Waals surface area contributed by atoms with Gasteiger partial charge < -0.3 is 5.11 Å². The Labute approximate surface area is 85.2 Å². The molecule has 3 nitrogen and oxygen atoms in total. The molecule has 70 valence electrons. The van der Waals surface area contributed by atoms with Crippen LogP contribution in [0, 0.1) is 28.6 Å². The van der Waals surface area contributed by atoms with Crippen LogP contribution in [0.1, 0.15) is 13.8 Å². The van der Waals surface area contributed by atoms with Crippen LogP contribution >= 0.6 is 15.9 Å². The number of carbonyl (C=O) groups is 1. The van der Waals surface area contributed by atoms with E-state index in [1.54, 1.807) is 6.08 Å². The zero-order valence-corrected chi connectivity index (χ0v) is 9.00. The lowest BCUT2D eigenvalue weighted by Gasteiger charge is -1.96. The molecule has 0 aromatic heterocycles. The first-order valence-electron chi connectivity index (χ1n) is 3.91. The molecule has 0 saturated heterocycles. The van der Waals surface area contributed by atoms with Gasteiger partial charge in [-0.3, -0.25) is 4.79 Å². The lowest BCUT2D eigenvalue weighted by Crippen LogP contribution is -2.02. The van der Waals surface area contributed by atoms with Crippen molar-refractivity contribution in [1.82, 2.24) is 0 Å². The molecule has 0 spiro atoms. The third-order valence-corrected chi connectivity index (χ3v) is 3.05. The number of hydrogen-bond acceptors (Lipinski definition) is 2. The van der Waals surface area contributed by atoms with Gasteiger partial charge in [-0.2, -0.15) is 5.26 Å². The van der Waals surface area contributed by atoms with E-state index in [0.717, 1.165) is 0 Å². The summed E-state index contributed by atoms with van der Waals surface area (Å²) < 4.78 is 0.411. The van der Waals surface area contributed by atoms with Crippen LogP contribution in [0.5, 0.6) is 0 Å². The second-order valence-corrected chi connectivity index (χ2v) is 4.64. The average Bonchev–Trinajstić information content (AvgIpc) is 2.53. The quantitative estimate of drug-likeness (QED) is 0.757. The maximum atomic E-state index is 10.7. The van der Waals surface area contributed by atoms with Gasteiger partial charge in [0.25, 0.3) is 0 Å². The fraction of sp³-hybridized carbons (Fsp3) is 0.556. The van der Waals surface area contributed by atoms with Gasteiger partial charge in [0.15, 0.2) is 0 Å². The topological polar surface area (TPSA) is 61.1 Å². The van der Waals surface area contributed by atoms with Crippen LogP contribution in [0.4, 0.5) is 0 Å². The number of allylic oxidation sites excluding steroid dienone is 2. The van der Waals surface area contributed by atoms with Crippen molar-refractivity contribution < 1.29 is 9.90 Å². The Balaban J connectivity index is 2.79. The van der Waals surface area contributed by atoms with Crippen molar-refractivity contribution in [3.8, 4) is 6.07 Å². The monoisotopic (exact) mass is 243 g/mol. The van der Waals surface area contributed by atoms with Crippen molar-refractivity contribution in [2.24, 2.45) is 17.3 Å². The zero-order valence-electron chi connectivity index (χ0n) is 7.41. The highest BCUT2D eigenvalue weighted by Gasteiger charge is 2.60. The fourth-order valence-corrected chi connectivity index (χ4v) is 1.94. The molecule has 0 radical (unpaired) electrons. The predicted octanol–water partition coefficient (Wildman–Crippen LogP) is 2.15. The first kappa shape index (κ1) is 10.3. The van der Waals surface area contributed by atoms with Crippen molar-refractivity contribution in [1.29, 1.82) is 5.26 Å². The number of carboxylic acids is 1. The lowest BCUT2D eigenvalue weighted by molar-refractivity contribution is -0.139. The zero-order chi connectivity index (χ0) is 10.2. The van der Waals surface area contributed by atoms with E-state index >= 15 is 0 Å². The number of halogens is 1. The summed E-state index contributed by atoms with van der Waals surface area (Å²) in [5.41, 5.74) is -0.221. The molecule has 0 aliphatic heterocycles. The summed E-state index contributed by atoms with van der Waals surface area (Å²) >= 11 is 3.05. The molecule has 1 aliphatic rings. The van der Waals surface area contributed by atoms with E-state index in [-0.39, 0.29) is 17.3 Å². The van der Waals surface area contributed by atoms with Crippen LogP contribution in [0.2, 0.25) is 0 Å². The third kappa shape index (κ3) is 1.75. The van der Waals surface area contributed by atoms with E-state index in [0.29, 0.717) is 4.48 Å². The van der Waals surface area contributed by atoms with Crippen molar-refractivity contribution in [2.45, 2.75) is 13.8 Å². The minimum atomic E-state index is -0.788. The van der Waals surface area contributed by atoms with Gasteiger partial charge in [-0.15, -0.1) is 0 Å². The Bertz CT molecular complexity index is 314. The molecule has 2 unspecified atom stereocenters. The Morgan fingerprint density at radius 1 is 1.69 bits per heavy atom. The molecule has 0 aromatic carbocycles. The van der Waals surface area contributed by atoms with Gasteiger partial charge in [0, 0.05) is 0 Å². The first-order valence-corrected chi connectivity index (χ1v) is 4.70. The molecule has 2 atom stereocenters. The average molecular weight is 244 g/mol. The number of hydrogen-bond donors (Lipinski definition) is 1. The molecular formula is C9H10BrNO2. The Kier molecular flexibility index (Phi) is 2.49. The fourth-order valence-electron chi connectivity index (χ4n) is 1.66. The summed E-state index contributed by atoms with van der Waals surface area (Å²) in [5.74, 6) is -1.17. The minimum Gasteiger partial charge on any atom is -0.481 e. The Hall–Kier alpha value is -0.820. The van der Waals surface area contributed by atoms with E-state index < -0.39 is 5.97 Å². The summed E-state index contributed by atoms with van der Waals surface area (Å²) in [4.78, 5) is 10.7. The molecule has 13 heavy (non-hydrogen) atoms. The van der Waals surface area contributed by atoms with Crippen molar-refractivity contribution in [2.75, 3.05) is 0 Å². The van der Waals surface area contributed by atoms with Crippen molar-refractivity contribution >= 4 is 21.9 Å². The van der Waals surface area contributed by atoms with Gasteiger partial charge >= 0.3 is 5.97 Å². The molecule has 0 aromatic rings. The molecule has 1 fully saturated rings. The molecule has 1 rings (SSSR count). The van der Waals surface area contributed by atoms with E-state index in [4.69, 9.17) is 10.4 Å². The smallest absolute Gasteiger partial charge is 0.307 e. The molecule has 0 amide bonds. The van der Waals surface area contributed by atoms with Crippen molar-refractivity contribution in [3.05, 3.63) is 10.6 Å². The van der Waals surface area contributed by atoms with Gasteiger partial charge in [-0.1, -0.05) is 19.9 Å². The summed E-state index contributed by atoms with van der Waals surface area (Å²) in [5, 5.41) is 17.3. The summed E-state index contributed by atoms with van der Waals surface area (Å²) in [6, 6.07) is 1.92. The number of aliphatic carboxylic acids is 1. The predicted molar refractivity (Wildman–Crippen MR) is 51.0 cm³/mol. The van der Waals surface area contributed by atoms with Crippen LogP contribution in [0.15, 0.2) is 10.6 Å². The maximum absolute atomic E-state index is 10.7.